The standard InChI is InChI=1S/C10H17N3O3/c1-2-7(4-11)3-10(16)13-5-8(14)12-9(15)6-13/h7H,2-6,11H2,1H3,(H,12,14,15). The lowest BCUT2D eigenvalue weighted by Gasteiger charge is -2.26. The number of imide groups is 1. The number of hydrogen-bond donors (Lipinski definition) is 2. The van der Waals surface area contributed by atoms with E-state index in [-0.39, 0.29) is 24.9 Å². The smallest absolute Gasteiger partial charge is 0.246 e. The van der Waals surface area contributed by atoms with E-state index in [0.717, 1.165) is 6.42 Å². The summed E-state index contributed by atoms with van der Waals surface area (Å²) in [6.45, 7) is 2.33. The molecule has 0 aromatic carbocycles. The van der Waals surface area contributed by atoms with E-state index in [1.165, 1.54) is 4.90 Å². The van der Waals surface area contributed by atoms with Gasteiger partial charge in [-0.05, 0) is 12.5 Å². The van der Waals surface area contributed by atoms with E-state index in [9.17, 15) is 14.4 Å². The van der Waals surface area contributed by atoms with Crippen molar-refractivity contribution in [1.82, 2.24) is 10.2 Å². The molecule has 0 spiro atoms. The summed E-state index contributed by atoms with van der Waals surface area (Å²) in [4.78, 5) is 35.2. The third-order valence-corrected chi connectivity index (χ3v) is 2.67. The zero-order chi connectivity index (χ0) is 12.1. The molecule has 16 heavy (non-hydrogen) atoms. The van der Waals surface area contributed by atoms with Gasteiger partial charge in [-0.2, -0.15) is 0 Å². The van der Waals surface area contributed by atoms with E-state index < -0.39 is 11.8 Å². The second kappa shape index (κ2) is 5.60. The molecular weight excluding hydrogens is 210 g/mol. The molecule has 1 atom stereocenters. The maximum atomic E-state index is 11.8. The van der Waals surface area contributed by atoms with E-state index >= 15 is 0 Å². The molecule has 0 bridgehead atoms. The van der Waals surface area contributed by atoms with Crippen LogP contribution in [-0.2, 0) is 14.4 Å². The maximum Gasteiger partial charge on any atom is 0.246 e. The van der Waals surface area contributed by atoms with Gasteiger partial charge in [-0.1, -0.05) is 13.3 Å². The maximum absolute atomic E-state index is 11.8. The van der Waals surface area contributed by atoms with Crippen molar-refractivity contribution in [2.24, 2.45) is 11.7 Å². The van der Waals surface area contributed by atoms with Crippen LogP contribution in [0.25, 0.3) is 0 Å². The van der Waals surface area contributed by atoms with Gasteiger partial charge >= 0.3 is 0 Å². The van der Waals surface area contributed by atoms with Crippen LogP contribution in [0.1, 0.15) is 19.8 Å². The predicted octanol–water partition coefficient (Wildman–Crippen LogP) is -1.15. The Hall–Kier alpha value is -1.43. The Morgan fingerprint density at radius 3 is 2.44 bits per heavy atom. The first kappa shape index (κ1) is 12.6. The predicted molar refractivity (Wildman–Crippen MR) is 57.2 cm³/mol. The number of carbonyl (C=O) groups is 3. The number of carbonyl (C=O) groups excluding carboxylic acids is 3. The van der Waals surface area contributed by atoms with E-state index in [0.29, 0.717) is 13.0 Å². The average molecular weight is 227 g/mol. The fraction of sp³-hybridized carbons (Fsp3) is 0.700. The van der Waals surface area contributed by atoms with Crippen molar-refractivity contribution in [2.45, 2.75) is 19.8 Å². The highest BCUT2D eigenvalue weighted by atomic mass is 16.2. The van der Waals surface area contributed by atoms with Crippen molar-refractivity contribution in [2.75, 3.05) is 19.6 Å². The molecular formula is C10H17N3O3. The first-order valence-electron chi connectivity index (χ1n) is 5.37. The Labute approximate surface area is 94.2 Å². The molecule has 1 fully saturated rings. The molecule has 0 aliphatic carbocycles. The first-order chi connectivity index (χ1) is 7.56. The molecule has 0 radical (unpaired) electrons. The number of rotatable bonds is 4. The summed E-state index contributed by atoms with van der Waals surface area (Å²) >= 11 is 0. The lowest BCUT2D eigenvalue weighted by atomic mass is 10.0. The van der Waals surface area contributed by atoms with Gasteiger partial charge < -0.3 is 10.6 Å². The number of amides is 3. The van der Waals surface area contributed by atoms with Gasteiger partial charge in [0.05, 0.1) is 0 Å². The third kappa shape index (κ3) is 3.30. The van der Waals surface area contributed by atoms with Crippen LogP contribution in [0.15, 0.2) is 0 Å². The Morgan fingerprint density at radius 1 is 1.44 bits per heavy atom. The molecule has 1 saturated heterocycles. The van der Waals surface area contributed by atoms with Crippen molar-refractivity contribution in [3.63, 3.8) is 0 Å². The number of piperazine rings is 1. The highest BCUT2D eigenvalue weighted by Gasteiger charge is 2.27. The Bertz CT molecular complexity index is 284. The molecule has 0 aromatic rings. The van der Waals surface area contributed by atoms with Gasteiger partial charge in [0.2, 0.25) is 17.7 Å². The summed E-state index contributed by atoms with van der Waals surface area (Å²) in [5.74, 6) is -0.913. The summed E-state index contributed by atoms with van der Waals surface area (Å²) in [6, 6.07) is 0. The van der Waals surface area contributed by atoms with Crippen molar-refractivity contribution in [1.29, 1.82) is 0 Å². The fourth-order valence-corrected chi connectivity index (χ4v) is 1.58. The summed E-state index contributed by atoms with van der Waals surface area (Å²) in [5.41, 5.74) is 5.50. The number of nitrogens with zero attached hydrogens (tertiary/aromatic N) is 1. The topological polar surface area (TPSA) is 92.5 Å². The molecule has 0 aromatic heterocycles. The van der Waals surface area contributed by atoms with Crippen molar-refractivity contribution in [3.05, 3.63) is 0 Å². The van der Waals surface area contributed by atoms with Gasteiger partial charge in [-0.3, -0.25) is 19.7 Å². The Kier molecular flexibility index (Phi) is 4.42. The van der Waals surface area contributed by atoms with Crippen LogP contribution in [0.5, 0.6) is 0 Å². The van der Waals surface area contributed by atoms with Gasteiger partial charge in [0.1, 0.15) is 13.1 Å². The van der Waals surface area contributed by atoms with Crippen LogP contribution < -0.4 is 11.1 Å². The van der Waals surface area contributed by atoms with E-state index in [1.54, 1.807) is 0 Å². The molecule has 1 rings (SSSR count). The monoisotopic (exact) mass is 227 g/mol. The number of nitrogens with one attached hydrogen (secondary N) is 1. The first-order valence-corrected chi connectivity index (χ1v) is 5.37. The van der Waals surface area contributed by atoms with Gasteiger partial charge in [-0.25, -0.2) is 0 Å². The molecule has 1 aliphatic heterocycles. The van der Waals surface area contributed by atoms with Crippen molar-refractivity contribution >= 4 is 17.7 Å². The minimum atomic E-state index is -0.426. The number of hydrogen-bond acceptors (Lipinski definition) is 4. The van der Waals surface area contributed by atoms with Crippen molar-refractivity contribution in [3.8, 4) is 0 Å². The minimum Gasteiger partial charge on any atom is -0.330 e. The summed E-state index contributed by atoms with van der Waals surface area (Å²) in [5, 5.41) is 2.15. The Morgan fingerprint density at radius 2 is 2.00 bits per heavy atom. The molecule has 1 unspecified atom stereocenters. The molecule has 1 aliphatic rings. The van der Waals surface area contributed by atoms with Crippen LogP contribution in [0.3, 0.4) is 0 Å². The van der Waals surface area contributed by atoms with Gasteiger partial charge in [0, 0.05) is 6.42 Å². The van der Waals surface area contributed by atoms with Gasteiger partial charge in [0.25, 0.3) is 0 Å². The minimum absolute atomic E-state index is 0.0361. The lowest BCUT2D eigenvalue weighted by molar-refractivity contribution is -0.145. The van der Waals surface area contributed by atoms with E-state index in [1.807, 2.05) is 6.92 Å². The van der Waals surface area contributed by atoms with Crippen LogP contribution >= 0.6 is 0 Å². The zero-order valence-corrected chi connectivity index (χ0v) is 9.36. The quantitative estimate of drug-likeness (QED) is 0.593. The molecule has 6 nitrogen and oxygen atoms in total. The second-order valence-corrected chi connectivity index (χ2v) is 3.94. The molecule has 90 valence electrons. The second-order valence-electron chi connectivity index (χ2n) is 3.94. The summed E-state index contributed by atoms with van der Waals surface area (Å²) < 4.78 is 0. The SMILES string of the molecule is CCC(CN)CC(=O)N1CC(=O)NC(=O)C1. The highest BCUT2D eigenvalue weighted by molar-refractivity contribution is 6.02. The van der Waals surface area contributed by atoms with Crippen LogP contribution in [0.4, 0.5) is 0 Å². The normalized spacial score (nSPS) is 18.2. The van der Waals surface area contributed by atoms with Gasteiger partial charge in [-0.15, -0.1) is 0 Å². The third-order valence-electron chi connectivity index (χ3n) is 2.67. The van der Waals surface area contributed by atoms with Crippen molar-refractivity contribution < 1.29 is 14.4 Å². The lowest BCUT2D eigenvalue weighted by Crippen LogP contribution is -2.53. The number of nitrogens with two attached hydrogens (primary N) is 1. The average Bonchev–Trinajstić information content (AvgIpc) is 2.24. The van der Waals surface area contributed by atoms with Gasteiger partial charge in [0.15, 0.2) is 0 Å². The fourth-order valence-electron chi connectivity index (χ4n) is 1.58. The largest absolute Gasteiger partial charge is 0.330 e. The molecule has 3 N–H and O–H groups in total. The Balaban J connectivity index is 2.53. The molecule has 1 heterocycles. The van der Waals surface area contributed by atoms with E-state index in [2.05, 4.69) is 5.32 Å². The van der Waals surface area contributed by atoms with Crippen LogP contribution in [-0.4, -0.2) is 42.3 Å². The van der Waals surface area contributed by atoms with Crippen LogP contribution in [0.2, 0.25) is 0 Å². The van der Waals surface area contributed by atoms with E-state index in [4.69, 9.17) is 5.73 Å². The molecule has 0 saturated carbocycles. The molecule has 6 heteroatoms. The highest BCUT2D eigenvalue weighted by Crippen LogP contribution is 2.09. The van der Waals surface area contributed by atoms with Crippen LogP contribution in [0, 0.1) is 5.92 Å². The zero-order valence-electron chi connectivity index (χ0n) is 9.36. The summed E-state index contributed by atoms with van der Waals surface area (Å²) in [7, 11) is 0. The summed E-state index contributed by atoms with van der Waals surface area (Å²) in [6.07, 6.45) is 1.11. The molecule has 3 amide bonds.